The van der Waals surface area contributed by atoms with Gasteiger partial charge in [0, 0.05) is 13.2 Å². The molecule has 0 saturated carbocycles. The number of nitriles is 1. The molecule has 0 N–H and O–H groups in total. The Morgan fingerprint density at radius 1 is 1.17 bits per heavy atom. The van der Waals surface area contributed by atoms with E-state index in [4.69, 9.17) is 56.4 Å². The molecule has 1 aromatic carbocycles. The van der Waals surface area contributed by atoms with Crippen LogP contribution in [0.2, 0.25) is 10.0 Å². The molecule has 0 bridgehead atoms. The zero-order valence-corrected chi connectivity index (χ0v) is 20.6. The van der Waals surface area contributed by atoms with E-state index in [1.54, 1.807) is 6.07 Å². The van der Waals surface area contributed by atoms with E-state index in [2.05, 4.69) is 21.0 Å². The van der Waals surface area contributed by atoms with Gasteiger partial charge in [-0.3, -0.25) is 0 Å². The summed E-state index contributed by atoms with van der Waals surface area (Å²) in [5.41, 5.74) is -1.48. The van der Waals surface area contributed by atoms with Gasteiger partial charge in [-0.25, -0.2) is 4.68 Å². The fourth-order valence-electron chi connectivity index (χ4n) is 1.95. The van der Waals surface area contributed by atoms with Gasteiger partial charge in [-0.15, -0.1) is 0 Å². The summed E-state index contributed by atoms with van der Waals surface area (Å²) in [6.45, 7) is 5.67. The van der Waals surface area contributed by atoms with Crippen LogP contribution in [0.4, 0.5) is 17.6 Å². The third-order valence-corrected chi connectivity index (χ3v) is 5.93. The van der Waals surface area contributed by atoms with E-state index in [-0.39, 0.29) is 42.7 Å². The highest BCUT2D eigenvalue weighted by Gasteiger charge is 2.34. The first-order valence-corrected chi connectivity index (χ1v) is 11.0. The van der Waals surface area contributed by atoms with Gasteiger partial charge >= 0.3 is 10.1 Å². The van der Waals surface area contributed by atoms with Crippen molar-refractivity contribution >= 4 is 74.1 Å². The van der Waals surface area contributed by atoms with Crippen LogP contribution in [0.3, 0.4) is 0 Å². The molecular weight excluding hydrogens is 580 g/mol. The second kappa shape index (κ2) is 11.5. The molecule has 2 rings (SSSR count). The van der Waals surface area contributed by atoms with Crippen molar-refractivity contribution in [3.05, 3.63) is 38.0 Å². The first kappa shape index (κ1) is 27.6. The summed E-state index contributed by atoms with van der Waals surface area (Å²) < 4.78 is 54.9. The van der Waals surface area contributed by atoms with E-state index in [0.717, 1.165) is 17.9 Å². The first-order valence-electron chi connectivity index (χ1n) is 7.85. The van der Waals surface area contributed by atoms with Crippen molar-refractivity contribution in [3.8, 4) is 11.8 Å². The molecule has 1 heterocycles. The monoisotopic (exact) mass is 589 g/mol. The topological polar surface area (TPSA) is 50.8 Å². The second-order valence-corrected chi connectivity index (χ2v) is 9.53. The highest BCUT2D eigenvalue weighted by molar-refractivity contribution is 9.10. The van der Waals surface area contributed by atoms with Crippen molar-refractivity contribution in [3.63, 3.8) is 0 Å². The standard InChI is InChI=1S/C12H2BrCl4F4N3S.C4H10O/c13-10-9(25-12(16,17)21)7(3-22)23-24(10)8-5(14)1-4(2-6(8)15)11(18,19)20;1-3-5-4-2/h1-2H;3-4H2,1-2H3. The van der Waals surface area contributed by atoms with Gasteiger partial charge in [0.15, 0.2) is 5.69 Å². The fraction of sp³-hybridized carbons (Fsp3) is 0.375. The van der Waals surface area contributed by atoms with Crippen molar-refractivity contribution in [2.45, 2.75) is 28.8 Å². The van der Waals surface area contributed by atoms with E-state index >= 15 is 0 Å². The Labute approximate surface area is 202 Å². The number of nitrogens with zero attached hydrogens (tertiary/aromatic N) is 3. The summed E-state index contributed by atoms with van der Waals surface area (Å²) >= 11 is 25.7. The van der Waals surface area contributed by atoms with E-state index < -0.39 is 15.7 Å². The predicted octanol–water partition coefficient (Wildman–Crippen LogP) is 8.03. The van der Waals surface area contributed by atoms with E-state index in [1.165, 1.54) is 0 Å². The van der Waals surface area contributed by atoms with Crippen molar-refractivity contribution in [2.75, 3.05) is 13.2 Å². The highest BCUT2D eigenvalue weighted by Crippen LogP contribution is 2.47. The molecule has 0 amide bonds. The SMILES string of the molecule is CCOCC.N#Cc1nn(-c2c(Cl)cc(C(F)(F)F)cc2Cl)c(Br)c1SC(F)(Cl)Cl. The lowest BCUT2D eigenvalue weighted by molar-refractivity contribution is -0.137. The summed E-state index contributed by atoms with van der Waals surface area (Å²) in [5.74, 6) is 0. The average Bonchev–Trinajstić information content (AvgIpc) is 2.89. The number of rotatable bonds is 5. The Balaban J connectivity index is 0.000000804. The van der Waals surface area contributed by atoms with Crippen LogP contribution >= 0.6 is 74.1 Å². The van der Waals surface area contributed by atoms with Crippen LogP contribution in [0, 0.1) is 11.3 Å². The molecule has 0 aliphatic carbocycles. The molecule has 4 nitrogen and oxygen atoms in total. The number of aromatic nitrogens is 2. The molecule has 0 radical (unpaired) electrons. The lowest BCUT2D eigenvalue weighted by atomic mass is 10.2. The number of thioether (sulfide) groups is 1. The van der Waals surface area contributed by atoms with Crippen molar-refractivity contribution < 1.29 is 22.3 Å². The Kier molecular flexibility index (Phi) is 10.5. The average molecular weight is 592 g/mol. The Morgan fingerprint density at radius 3 is 2.00 bits per heavy atom. The maximum Gasteiger partial charge on any atom is 0.416 e. The first-order chi connectivity index (χ1) is 13.8. The Morgan fingerprint density at radius 2 is 1.67 bits per heavy atom. The zero-order valence-electron chi connectivity index (χ0n) is 15.1. The minimum absolute atomic E-state index is 0.0130. The highest BCUT2D eigenvalue weighted by atomic mass is 79.9. The van der Waals surface area contributed by atoms with Gasteiger partial charge in [-0.1, -0.05) is 46.4 Å². The summed E-state index contributed by atoms with van der Waals surface area (Å²) in [4.78, 5) is -0.0815. The Hall–Kier alpha value is -0.410. The Bertz CT molecular complexity index is 904. The molecule has 0 saturated heterocycles. The molecule has 2 aromatic rings. The molecule has 0 atom stereocenters. The van der Waals surface area contributed by atoms with E-state index in [1.807, 2.05) is 13.8 Å². The van der Waals surface area contributed by atoms with E-state index in [0.29, 0.717) is 12.1 Å². The molecular formula is C16H12BrCl4F4N3OS. The lowest BCUT2D eigenvalue weighted by Gasteiger charge is -2.13. The quantitative estimate of drug-likeness (QED) is 0.201. The van der Waals surface area contributed by atoms with Crippen LogP contribution < -0.4 is 0 Å². The van der Waals surface area contributed by atoms with Gasteiger partial charge in [0.25, 0.3) is 0 Å². The van der Waals surface area contributed by atoms with Crippen molar-refractivity contribution in [2.24, 2.45) is 0 Å². The maximum absolute atomic E-state index is 13.5. The minimum Gasteiger partial charge on any atom is -0.382 e. The van der Waals surface area contributed by atoms with Crippen LogP contribution in [-0.4, -0.2) is 26.9 Å². The zero-order chi connectivity index (χ0) is 23.3. The number of alkyl halides is 6. The van der Waals surface area contributed by atoms with Gasteiger partial charge in [0.05, 0.1) is 20.5 Å². The fourth-order valence-corrected chi connectivity index (χ4v) is 4.33. The van der Waals surface area contributed by atoms with Gasteiger partial charge < -0.3 is 4.74 Å². The van der Waals surface area contributed by atoms with Crippen LogP contribution in [0.1, 0.15) is 25.1 Å². The van der Waals surface area contributed by atoms with Gasteiger partial charge in [0.2, 0.25) is 0 Å². The van der Waals surface area contributed by atoms with Gasteiger partial charge in [-0.05, 0) is 53.7 Å². The number of halogens is 9. The molecule has 14 heteroatoms. The van der Waals surface area contributed by atoms with Crippen LogP contribution in [0.15, 0.2) is 21.6 Å². The van der Waals surface area contributed by atoms with Gasteiger partial charge in [0.1, 0.15) is 16.4 Å². The summed E-state index contributed by atoms with van der Waals surface area (Å²) in [7, 11) is 0. The number of hydrogen-bond donors (Lipinski definition) is 0. The summed E-state index contributed by atoms with van der Waals surface area (Å²) in [6.07, 6.45) is -4.66. The largest absolute Gasteiger partial charge is 0.416 e. The smallest absolute Gasteiger partial charge is 0.382 e. The summed E-state index contributed by atoms with van der Waals surface area (Å²) in [6, 6.07) is 2.99. The third kappa shape index (κ3) is 7.62. The van der Waals surface area contributed by atoms with Crippen LogP contribution in [0.5, 0.6) is 0 Å². The second-order valence-electron chi connectivity index (χ2n) is 5.11. The molecule has 0 aliphatic heterocycles. The normalized spacial score (nSPS) is 11.7. The van der Waals surface area contributed by atoms with Crippen LogP contribution in [-0.2, 0) is 10.9 Å². The molecule has 0 aliphatic rings. The molecule has 1 aromatic heterocycles. The molecule has 30 heavy (non-hydrogen) atoms. The maximum atomic E-state index is 13.5. The predicted molar refractivity (Wildman–Crippen MR) is 115 cm³/mol. The van der Waals surface area contributed by atoms with Crippen molar-refractivity contribution in [1.82, 2.24) is 9.78 Å². The van der Waals surface area contributed by atoms with Crippen molar-refractivity contribution in [1.29, 1.82) is 5.26 Å². The third-order valence-electron chi connectivity index (χ3n) is 3.08. The van der Waals surface area contributed by atoms with Crippen LogP contribution in [0.25, 0.3) is 5.69 Å². The molecule has 0 spiro atoms. The number of ether oxygens (including phenoxy) is 1. The van der Waals surface area contributed by atoms with E-state index in [9.17, 15) is 17.6 Å². The summed E-state index contributed by atoms with van der Waals surface area (Å²) in [5, 5.41) is 12.2. The minimum atomic E-state index is -4.66. The molecule has 0 fully saturated rings. The molecule has 166 valence electrons. The lowest BCUT2D eigenvalue weighted by Crippen LogP contribution is -2.07. The number of hydrogen-bond acceptors (Lipinski definition) is 4. The molecule has 0 unspecified atom stereocenters. The number of benzene rings is 1. The van der Waals surface area contributed by atoms with Gasteiger partial charge in [-0.2, -0.15) is 27.9 Å².